The third-order valence-corrected chi connectivity index (χ3v) is 3.67. The van der Waals surface area contributed by atoms with Gasteiger partial charge in [-0.1, -0.05) is 12.8 Å². The molecule has 0 bridgehead atoms. The van der Waals surface area contributed by atoms with Crippen molar-refractivity contribution in [2.24, 2.45) is 0 Å². The molecule has 19 heavy (non-hydrogen) atoms. The van der Waals surface area contributed by atoms with Gasteiger partial charge in [-0.05, 0) is 19.8 Å². The van der Waals surface area contributed by atoms with E-state index < -0.39 is 0 Å². The second-order valence-electron chi connectivity index (χ2n) is 4.94. The molecular formula is C13H17N5O. The molecule has 0 spiro atoms. The number of carbonyl (C=O) groups is 1. The van der Waals surface area contributed by atoms with Crippen LogP contribution in [0.15, 0.2) is 12.5 Å². The number of carbonyl (C=O) groups excluding carboxylic acids is 1. The van der Waals surface area contributed by atoms with Crippen LogP contribution in [0, 0.1) is 6.92 Å². The lowest BCUT2D eigenvalue weighted by atomic mass is 10.2. The number of nitrogens with zero attached hydrogens (tertiary/aromatic N) is 5. The van der Waals surface area contributed by atoms with Crippen LogP contribution in [-0.4, -0.2) is 43.5 Å². The van der Waals surface area contributed by atoms with E-state index in [1.165, 1.54) is 19.2 Å². The van der Waals surface area contributed by atoms with Gasteiger partial charge in [-0.15, -0.1) is 0 Å². The molecule has 6 heteroatoms. The first-order valence-electron chi connectivity index (χ1n) is 6.72. The molecule has 100 valence electrons. The molecule has 2 aromatic rings. The maximum Gasteiger partial charge on any atom is 0.257 e. The first kappa shape index (κ1) is 12.1. The number of hydrogen-bond donors (Lipinski definition) is 0. The van der Waals surface area contributed by atoms with E-state index in [1.54, 1.807) is 10.7 Å². The van der Waals surface area contributed by atoms with E-state index >= 15 is 0 Å². The fourth-order valence-corrected chi connectivity index (χ4v) is 2.54. The zero-order chi connectivity index (χ0) is 13.2. The van der Waals surface area contributed by atoms with Gasteiger partial charge >= 0.3 is 0 Å². The molecule has 6 nitrogen and oxygen atoms in total. The van der Waals surface area contributed by atoms with Crippen molar-refractivity contribution < 1.29 is 4.79 Å². The summed E-state index contributed by atoms with van der Waals surface area (Å²) in [4.78, 5) is 22.7. The van der Waals surface area contributed by atoms with Crippen molar-refractivity contribution in [1.82, 2.24) is 24.5 Å². The van der Waals surface area contributed by atoms with E-state index in [1.807, 2.05) is 11.8 Å². The van der Waals surface area contributed by atoms with Gasteiger partial charge in [0.15, 0.2) is 0 Å². The number of aromatic nitrogens is 4. The highest BCUT2D eigenvalue weighted by Gasteiger charge is 2.20. The van der Waals surface area contributed by atoms with Crippen molar-refractivity contribution in [2.75, 3.05) is 13.1 Å². The van der Waals surface area contributed by atoms with Gasteiger partial charge in [-0.25, -0.2) is 9.50 Å². The summed E-state index contributed by atoms with van der Waals surface area (Å²) < 4.78 is 1.62. The standard InChI is InChI=1S/C13H17N5O/c1-10-11(8-14-13-15-9-16-18(10)13)12(19)17-6-4-2-3-5-7-17/h8-9H,2-7H2,1H3. The maximum absolute atomic E-state index is 12.6. The molecule has 0 saturated carbocycles. The molecule has 0 atom stereocenters. The molecule has 1 fully saturated rings. The lowest BCUT2D eigenvalue weighted by Gasteiger charge is -2.21. The molecule has 3 heterocycles. The summed E-state index contributed by atoms with van der Waals surface area (Å²) >= 11 is 0. The minimum atomic E-state index is 0.0595. The van der Waals surface area contributed by atoms with Crippen molar-refractivity contribution in [3.8, 4) is 0 Å². The Bertz CT molecular complexity index is 598. The lowest BCUT2D eigenvalue weighted by Crippen LogP contribution is -2.32. The van der Waals surface area contributed by atoms with Crippen LogP contribution in [0.2, 0.25) is 0 Å². The van der Waals surface area contributed by atoms with Gasteiger partial charge < -0.3 is 4.90 Å². The van der Waals surface area contributed by atoms with Gasteiger partial charge in [0, 0.05) is 19.3 Å². The van der Waals surface area contributed by atoms with Gasteiger partial charge in [-0.3, -0.25) is 4.79 Å². The topological polar surface area (TPSA) is 63.4 Å². The van der Waals surface area contributed by atoms with Crippen molar-refractivity contribution in [3.63, 3.8) is 0 Å². The fourth-order valence-electron chi connectivity index (χ4n) is 2.54. The Morgan fingerprint density at radius 2 is 1.89 bits per heavy atom. The Kier molecular flexibility index (Phi) is 3.15. The molecule has 0 radical (unpaired) electrons. The van der Waals surface area contributed by atoms with Crippen molar-refractivity contribution >= 4 is 11.7 Å². The van der Waals surface area contributed by atoms with Crippen LogP contribution >= 0.6 is 0 Å². The molecule has 2 aromatic heterocycles. The molecule has 0 aliphatic carbocycles. The third-order valence-electron chi connectivity index (χ3n) is 3.67. The first-order chi connectivity index (χ1) is 9.27. The Balaban J connectivity index is 1.94. The Morgan fingerprint density at radius 1 is 1.16 bits per heavy atom. The van der Waals surface area contributed by atoms with Crippen LogP contribution in [0.4, 0.5) is 0 Å². The number of hydrogen-bond acceptors (Lipinski definition) is 4. The highest BCUT2D eigenvalue weighted by atomic mass is 16.2. The van der Waals surface area contributed by atoms with Crippen molar-refractivity contribution in [3.05, 3.63) is 23.8 Å². The van der Waals surface area contributed by atoms with E-state index in [-0.39, 0.29) is 5.91 Å². The predicted molar refractivity (Wildman–Crippen MR) is 69.9 cm³/mol. The summed E-state index contributed by atoms with van der Waals surface area (Å²) in [5.74, 6) is 0.592. The number of amides is 1. The quantitative estimate of drug-likeness (QED) is 0.777. The summed E-state index contributed by atoms with van der Waals surface area (Å²) in [5.41, 5.74) is 1.43. The number of aryl methyl sites for hydroxylation is 1. The maximum atomic E-state index is 12.6. The summed E-state index contributed by atoms with van der Waals surface area (Å²) in [6, 6.07) is 0. The lowest BCUT2D eigenvalue weighted by molar-refractivity contribution is 0.0759. The minimum absolute atomic E-state index is 0.0595. The van der Waals surface area contributed by atoms with Crippen LogP contribution in [-0.2, 0) is 0 Å². The van der Waals surface area contributed by atoms with Gasteiger partial charge in [0.1, 0.15) is 6.33 Å². The average molecular weight is 259 g/mol. The Hall–Kier alpha value is -1.98. The van der Waals surface area contributed by atoms with Crippen molar-refractivity contribution in [1.29, 1.82) is 0 Å². The third kappa shape index (κ3) is 2.18. The monoisotopic (exact) mass is 259 g/mol. The Morgan fingerprint density at radius 3 is 2.63 bits per heavy atom. The molecule has 1 amide bonds. The van der Waals surface area contributed by atoms with Crippen LogP contribution in [0.3, 0.4) is 0 Å². The molecule has 1 aliphatic rings. The SMILES string of the molecule is Cc1c(C(=O)N2CCCCCC2)cnc2ncnn12. The molecule has 1 aliphatic heterocycles. The van der Waals surface area contributed by atoms with E-state index in [4.69, 9.17) is 0 Å². The second-order valence-corrected chi connectivity index (χ2v) is 4.94. The van der Waals surface area contributed by atoms with Gasteiger partial charge in [0.25, 0.3) is 11.7 Å². The molecule has 0 N–H and O–H groups in total. The molecule has 1 saturated heterocycles. The predicted octanol–water partition coefficient (Wildman–Crippen LogP) is 1.45. The largest absolute Gasteiger partial charge is 0.339 e. The zero-order valence-electron chi connectivity index (χ0n) is 11.0. The van der Waals surface area contributed by atoms with E-state index in [9.17, 15) is 4.79 Å². The number of likely N-dealkylation sites (tertiary alicyclic amines) is 1. The number of rotatable bonds is 1. The van der Waals surface area contributed by atoms with Crippen molar-refractivity contribution in [2.45, 2.75) is 32.6 Å². The molecular weight excluding hydrogens is 242 g/mol. The average Bonchev–Trinajstić information content (AvgIpc) is 2.73. The van der Waals surface area contributed by atoms with E-state index in [0.717, 1.165) is 31.6 Å². The summed E-state index contributed by atoms with van der Waals surface area (Å²) in [6.45, 7) is 3.57. The first-order valence-corrected chi connectivity index (χ1v) is 6.72. The fraction of sp³-hybridized carbons (Fsp3) is 0.538. The van der Waals surface area contributed by atoms with Crippen LogP contribution in [0.5, 0.6) is 0 Å². The van der Waals surface area contributed by atoms with Crippen LogP contribution < -0.4 is 0 Å². The summed E-state index contributed by atoms with van der Waals surface area (Å²) in [5, 5.41) is 4.10. The normalized spacial score (nSPS) is 16.6. The smallest absolute Gasteiger partial charge is 0.257 e. The molecule has 0 aromatic carbocycles. The second kappa shape index (κ2) is 4.95. The highest BCUT2D eigenvalue weighted by Crippen LogP contribution is 2.15. The summed E-state index contributed by atoms with van der Waals surface area (Å²) in [6.07, 6.45) is 7.67. The zero-order valence-corrected chi connectivity index (χ0v) is 11.0. The van der Waals surface area contributed by atoms with Gasteiger partial charge in [0.2, 0.25) is 0 Å². The summed E-state index contributed by atoms with van der Waals surface area (Å²) in [7, 11) is 0. The van der Waals surface area contributed by atoms with E-state index in [2.05, 4.69) is 15.1 Å². The van der Waals surface area contributed by atoms with Crippen LogP contribution in [0.1, 0.15) is 41.7 Å². The minimum Gasteiger partial charge on any atom is -0.339 e. The number of fused-ring (bicyclic) bond motifs is 1. The molecule has 0 unspecified atom stereocenters. The van der Waals surface area contributed by atoms with E-state index in [0.29, 0.717) is 11.3 Å². The van der Waals surface area contributed by atoms with Gasteiger partial charge in [-0.2, -0.15) is 10.1 Å². The van der Waals surface area contributed by atoms with Gasteiger partial charge in [0.05, 0.1) is 11.3 Å². The molecule has 3 rings (SSSR count). The highest BCUT2D eigenvalue weighted by molar-refractivity contribution is 5.95. The Labute approximate surface area is 111 Å². The van der Waals surface area contributed by atoms with Crippen LogP contribution in [0.25, 0.3) is 5.78 Å².